The maximum atomic E-state index is 11.7. The first kappa shape index (κ1) is 20.0. The van der Waals surface area contributed by atoms with E-state index in [-0.39, 0.29) is 17.4 Å². The Morgan fingerprint density at radius 3 is 2.27 bits per heavy atom. The highest BCUT2D eigenvalue weighted by atomic mass is 79.9. The van der Waals surface area contributed by atoms with Gasteiger partial charge < -0.3 is 19.1 Å². The molecule has 9 nitrogen and oxygen atoms in total. The normalized spacial score (nSPS) is 10.6. The molecule has 26 heavy (non-hydrogen) atoms. The van der Waals surface area contributed by atoms with E-state index in [1.165, 1.54) is 6.33 Å². The van der Waals surface area contributed by atoms with Gasteiger partial charge in [0.05, 0.1) is 18.1 Å². The second-order valence-corrected chi connectivity index (χ2v) is 6.05. The van der Waals surface area contributed by atoms with Crippen molar-refractivity contribution in [2.24, 2.45) is 0 Å². The molecule has 1 aromatic heterocycles. The van der Waals surface area contributed by atoms with Gasteiger partial charge in [0.15, 0.2) is 0 Å². The lowest BCUT2D eigenvalue weighted by atomic mass is 10.3. The largest absolute Gasteiger partial charge is 0.434 e. The molecule has 0 saturated heterocycles. The third kappa shape index (κ3) is 5.35. The number of nitrogens with zero attached hydrogens (tertiary/aromatic N) is 4. The van der Waals surface area contributed by atoms with E-state index in [9.17, 15) is 10.1 Å². The summed E-state index contributed by atoms with van der Waals surface area (Å²) in [4.78, 5) is 20.9. The van der Waals surface area contributed by atoms with E-state index in [4.69, 9.17) is 14.2 Å². The number of hydrogen-bond acceptors (Lipinski definition) is 8. The molecule has 1 aromatic carbocycles. The van der Waals surface area contributed by atoms with Crippen molar-refractivity contribution >= 4 is 27.4 Å². The Morgan fingerprint density at radius 2 is 1.73 bits per heavy atom. The Bertz CT molecular complexity index is 721. The molecule has 0 spiro atoms. The topological polar surface area (TPSA) is 99.9 Å². The lowest BCUT2D eigenvalue weighted by Crippen LogP contribution is -2.32. The smallest absolute Gasteiger partial charge is 0.373 e. The highest BCUT2D eigenvalue weighted by Crippen LogP contribution is 2.36. The van der Waals surface area contributed by atoms with Gasteiger partial charge >= 0.3 is 11.6 Å². The van der Waals surface area contributed by atoms with Crippen molar-refractivity contribution in [1.29, 1.82) is 0 Å². The number of methoxy groups -OCH3 is 2. The summed E-state index contributed by atoms with van der Waals surface area (Å²) in [5.41, 5.74) is -0.303. The standard InChI is InChI=1S/C16H19BrN4O5/c1-24-9-7-20(8-10-25-2)15-14(21(22)23)16(19-11-18-15)26-13-5-3-12(17)4-6-13/h3-6,11H,7-10H2,1-2H3. The van der Waals surface area contributed by atoms with Gasteiger partial charge in [-0.05, 0) is 24.3 Å². The van der Waals surface area contributed by atoms with Crippen LogP contribution in [0.1, 0.15) is 0 Å². The SMILES string of the molecule is COCCN(CCOC)c1ncnc(Oc2ccc(Br)cc2)c1[N+](=O)[O-]. The third-order valence-electron chi connectivity index (χ3n) is 3.41. The van der Waals surface area contributed by atoms with E-state index in [1.807, 2.05) is 0 Å². The van der Waals surface area contributed by atoms with E-state index in [1.54, 1.807) is 43.4 Å². The zero-order valence-electron chi connectivity index (χ0n) is 14.4. The maximum Gasteiger partial charge on any atom is 0.373 e. The van der Waals surface area contributed by atoms with Crippen LogP contribution in [0.4, 0.5) is 11.5 Å². The van der Waals surface area contributed by atoms with Gasteiger partial charge in [-0.25, -0.2) is 4.98 Å². The number of anilines is 1. The number of benzene rings is 1. The highest BCUT2D eigenvalue weighted by molar-refractivity contribution is 9.10. The Kier molecular flexibility index (Phi) is 7.70. The zero-order chi connectivity index (χ0) is 18.9. The Balaban J connectivity index is 2.38. The molecule has 2 aromatic rings. The van der Waals surface area contributed by atoms with Gasteiger partial charge in [0, 0.05) is 31.8 Å². The predicted molar refractivity (Wildman–Crippen MR) is 98.9 cm³/mol. The van der Waals surface area contributed by atoms with Crippen molar-refractivity contribution in [3.8, 4) is 11.6 Å². The molecule has 0 radical (unpaired) electrons. The average Bonchev–Trinajstić information content (AvgIpc) is 2.63. The Labute approximate surface area is 159 Å². The molecular formula is C16H19BrN4O5. The minimum Gasteiger partial charge on any atom is -0.434 e. The summed E-state index contributed by atoms with van der Waals surface area (Å²) in [7, 11) is 3.12. The minimum absolute atomic E-state index is 0.123. The number of ether oxygens (including phenoxy) is 3. The molecule has 0 aliphatic carbocycles. The van der Waals surface area contributed by atoms with Crippen molar-refractivity contribution in [2.45, 2.75) is 0 Å². The van der Waals surface area contributed by atoms with Gasteiger partial charge in [-0.3, -0.25) is 10.1 Å². The summed E-state index contributed by atoms with van der Waals surface area (Å²) in [6, 6.07) is 6.91. The number of rotatable bonds is 10. The van der Waals surface area contributed by atoms with Crippen LogP contribution < -0.4 is 9.64 Å². The second kappa shape index (κ2) is 10.00. The van der Waals surface area contributed by atoms with Crippen molar-refractivity contribution < 1.29 is 19.1 Å². The monoisotopic (exact) mass is 426 g/mol. The molecular weight excluding hydrogens is 408 g/mol. The quantitative estimate of drug-likeness (QED) is 0.422. The van der Waals surface area contributed by atoms with Gasteiger partial charge in [0.1, 0.15) is 12.1 Å². The number of aromatic nitrogens is 2. The van der Waals surface area contributed by atoms with Crippen molar-refractivity contribution in [3.05, 3.63) is 45.2 Å². The number of halogens is 1. The highest BCUT2D eigenvalue weighted by Gasteiger charge is 2.28. The zero-order valence-corrected chi connectivity index (χ0v) is 16.0. The molecule has 0 aliphatic rings. The average molecular weight is 427 g/mol. The van der Waals surface area contributed by atoms with Crippen LogP contribution >= 0.6 is 15.9 Å². The van der Waals surface area contributed by atoms with Gasteiger partial charge in [0.25, 0.3) is 0 Å². The van der Waals surface area contributed by atoms with E-state index in [0.29, 0.717) is 32.1 Å². The minimum atomic E-state index is -0.546. The molecule has 0 N–H and O–H groups in total. The predicted octanol–water partition coefficient (Wildman–Crippen LogP) is 3.04. The molecule has 0 aliphatic heterocycles. The summed E-state index contributed by atoms with van der Waals surface area (Å²) >= 11 is 3.33. The van der Waals surface area contributed by atoms with Crippen LogP contribution in [0.25, 0.3) is 0 Å². The Hall–Kier alpha value is -2.30. The van der Waals surface area contributed by atoms with Crippen LogP contribution in [-0.2, 0) is 9.47 Å². The fraction of sp³-hybridized carbons (Fsp3) is 0.375. The molecule has 140 valence electrons. The van der Waals surface area contributed by atoms with Crippen LogP contribution in [0, 0.1) is 10.1 Å². The lowest BCUT2D eigenvalue weighted by Gasteiger charge is -2.22. The summed E-state index contributed by atoms with van der Waals surface area (Å²) in [5.74, 6) is 0.467. The fourth-order valence-corrected chi connectivity index (χ4v) is 2.42. The molecule has 10 heteroatoms. The van der Waals surface area contributed by atoms with Crippen LogP contribution in [-0.4, -0.2) is 55.4 Å². The van der Waals surface area contributed by atoms with Gasteiger partial charge in [-0.15, -0.1) is 0 Å². The lowest BCUT2D eigenvalue weighted by molar-refractivity contribution is -0.385. The van der Waals surface area contributed by atoms with Crippen molar-refractivity contribution in [3.63, 3.8) is 0 Å². The van der Waals surface area contributed by atoms with Gasteiger partial charge in [0.2, 0.25) is 5.82 Å². The maximum absolute atomic E-state index is 11.7. The van der Waals surface area contributed by atoms with Crippen LogP contribution in [0.5, 0.6) is 11.6 Å². The molecule has 0 atom stereocenters. The first-order valence-electron chi connectivity index (χ1n) is 7.72. The van der Waals surface area contributed by atoms with E-state index in [2.05, 4.69) is 25.9 Å². The first-order chi connectivity index (χ1) is 12.6. The van der Waals surface area contributed by atoms with Crippen LogP contribution in [0.2, 0.25) is 0 Å². The number of nitro groups is 1. The second-order valence-electron chi connectivity index (χ2n) is 5.14. The molecule has 0 saturated carbocycles. The van der Waals surface area contributed by atoms with Gasteiger partial charge in [-0.2, -0.15) is 4.98 Å². The van der Waals surface area contributed by atoms with E-state index < -0.39 is 4.92 Å². The molecule has 0 amide bonds. The van der Waals surface area contributed by atoms with Crippen molar-refractivity contribution in [2.75, 3.05) is 45.4 Å². The molecule has 2 rings (SSSR count). The number of hydrogen-bond donors (Lipinski definition) is 0. The van der Waals surface area contributed by atoms with Crippen molar-refractivity contribution in [1.82, 2.24) is 9.97 Å². The first-order valence-corrected chi connectivity index (χ1v) is 8.51. The fourth-order valence-electron chi connectivity index (χ4n) is 2.16. The van der Waals surface area contributed by atoms with Crippen LogP contribution in [0.3, 0.4) is 0 Å². The van der Waals surface area contributed by atoms with E-state index >= 15 is 0 Å². The summed E-state index contributed by atoms with van der Waals surface area (Å²) in [6.07, 6.45) is 1.24. The molecule has 0 bridgehead atoms. The van der Waals surface area contributed by atoms with Crippen LogP contribution in [0.15, 0.2) is 35.1 Å². The summed E-state index contributed by atoms with van der Waals surface area (Å²) in [6.45, 7) is 1.59. The molecule has 0 fully saturated rings. The summed E-state index contributed by atoms with van der Waals surface area (Å²) in [5, 5.41) is 11.7. The van der Waals surface area contributed by atoms with E-state index in [0.717, 1.165) is 4.47 Å². The summed E-state index contributed by atoms with van der Waals surface area (Å²) < 4.78 is 16.7. The molecule has 1 heterocycles. The Morgan fingerprint density at radius 1 is 1.12 bits per heavy atom. The molecule has 0 unspecified atom stereocenters. The third-order valence-corrected chi connectivity index (χ3v) is 3.94. The van der Waals surface area contributed by atoms with Gasteiger partial charge in [-0.1, -0.05) is 15.9 Å².